The van der Waals surface area contributed by atoms with E-state index in [0.717, 1.165) is 12.8 Å². The zero-order valence-corrected chi connectivity index (χ0v) is 13.5. The van der Waals surface area contributed by atoms with Crippen molar-refractivity contribution in [2.24, 2.45) is 5.92 Å². The van der Waals surface area contributed by atoms with Crippen LogP contribution in [-0.2, 0) is 16.4 Å². The Morgan fingerprint density at radius 3 is 2.56 bits per heavy atom. The van der Waals surface area contributed by atoms with Crippen LogP contribution in [-0.4, -0.2) is 12.7 Å². The van der Waals surface area contributed by atoms with Crippen molar-refractivity contribution in [2.45, 2.75) is 42.4 Å². The van der Waals surface area contributed by atoms with Crippen LogP contribution in [0.1, 0.15) is 17.5 Å². The van der Waals surface area contributed by atoms with Crippen molar-refractivity contribution >= 4 is 31.5 Å². The third-order valence-electron chi connectivity index (χ3n) is 3.93. The van der Waals surface area contributed by atoms with Crippen molar-refractivity contribution < 1.29 is 4.43 Å². The Balaban J connectivity index is 2.11. The van der Waals surface area contributed by atoms with Crippen molar-refractivity contribution in [3.63, 3.8) is 0 Å². The van der Waals surface area contributed by atoms with E-state index in [1.807, 2.05) is 0 Å². The molecular weight excluding hydrogens is 283 g/mol. The fraction of sp³-hybridized carbons (Fsp3) is 0.571. The average molecular weight is 301 g/mol. The minimum atomic E-state index is -1.70. The monoisotopic (exact) mass is 300 g/mol. The standard InChI is InChI=1S/C14H18Cl2OSi/c1-18(2,3)17-13-11-7-5-4-6-10(11)8-9-12(13)14(13,15)16/h4-7,12H,8-9H2,1-3H3. The van der Waals surface area contributed by atoms with Gasteiger partial charge in [0.1, 0.15) is 5.60 Å². The molecule has 1 aromatic carbocycles. The molecule has 1 aromatic rings. The lowest BCUT2D eigenvalue weighted by atomic mass is 9.89. The summed E-state index contributed by atoms with van der Waals surface area (Å²) in [5.74, 6) is 0.245. The molecule has 2 unspecified atom stereocenters. The zero-order chi connectivity index (χ0) is 13.2. The molecule has 0 saturated heterocycles. The summed E-state index contributed by atoms with van der Waals surface area (Å²) in [7, 11) is -1.70. The minimum Gasteiger partial charge on any atom is -0.405 e. The van der Waals surface area contributed by atoms with Gasteiger partial charge in [0.05, 0.1) is 0 Å². The zero-order valence-electron chi connectivity index (χ0n) is 11.0. The number of alkyl halides is 2. The van der Waals surface area contributed by atoms with Crippen LogP contribution in [0.4, 0.5) is 0 Å². The summed E-state index contributed by atoms with van der Waals surface area (Å²) in [5.41, 5.74) is 2.11. The van der Waals surface area contributed by atoms with Gasteiger partial charge < -0.3 is 4.43 Å². The molecule has 2 aliphatic carbocycles. The highest BCUT2D eigenvalue weighted by molar-refractivity contribution is 6.70. The maximum atomic E-state index is 6.57. The smallest absolute Gasteiger partial charge is 0.185 e. The molecule has 98 valence electrons. The number of benzene rings is 1. The van der Waals surface area contributed by atoms with Crippen LogP contribution >= 0.6 is 23.2 Å². The van der Waals surface area contributed by atoms with Gasteiger partial charge in [0, 0.05) is 5.92 Å². The lowest BCUT2D eigenvalue weighted by Gasteiger charge is -2.32. The third kappa shape index (κ3) is 1.62. The topological polar surface area (TPSA) is 9.23 Å². The van der Waals surface area contributed by atoms with Gasteiger partial charge in [-0.2, -0.15) is 0 Å². The van der Waals surface area contributed by atoms with Crippen LogP contribution in [0.15, 0.2) is 24.3 Å². The van der Waals surface area contributed by atoms with Crippen molar-refractivity contribution in [1.29, 1.82) is 0 Å². The molecule has 1 saturated carbocycles. The van der Waals surface area contributed by atoms with Gasteiger partial charge in [-0.1, -0.05) is 47.5 Å². The van der Waals surface area contributed by atoms with E-state index in [1.165, 1.54) is 11.1 Å². The van der Waals surface area contributed by atoms with Gasteiger partial charge in [0.2, 0.25) is 0 Å². The van der Waals surface area contributed by atoms with Gasteiger partial charge in [-0.25, -0.2) is 0 Å². The molecule has 2 aliphatic rings. The first-order chi connectivity index (χ1) is 8.29. The summed E-state index contributed by atoms with van der Waals surface area (Å²) in [4.78, 5) is 0. The molecule has 0 spiro atoms. The van der Waals surface area contributed by atoms with Gasteiger partial charge in [-0.3, -0.25) is 0 Å². The molecule has 0 aliphatic heterocycles. The van der Waals surface area contributed by atoms with Crippen LogP contribution in [0, 0.1) is 5.92 Å². The largest absolute Gasteiger partial charge is 0.405 e. The second-order valence-electron chi connectivity index (χ2n) is 6.32. The Morgan fingerprint density at radius 1 is 1.22 bits per heavy atom. The van der Waals surface area contributed by atoms with E-state index in [0.29, 0.717) is 0 Å². The Morgan fingerprint density at radius 2 is 1.89 bits per heavy atom. The molecule has 3 rings (SSSR count). The number of rotatable bonds is 2. The fourth-order valence-corrected chi connectivity index (χ4v) is 5.75. The molecule has 1 nitrogen and oxygen atoms in total. The van der Waals surface area contributed by atoms with Crippen molar-refractivity contribution in [2.75, 3.05) is 0 Å². The molecule has 0 heterocycles. The lowest BCUT2D eigenvalue weighted by Crippen LogP contribution is -2.37. The average Bonchev–Trinajstić information content (AvgIpc) is 2.73. The van der Waals surface area contributed by atoms with Crippen molar-refractivity contribution in [3.05, 3.63) is 35.4 Å². The molecule has 0 bridgehead atoms. The molecule has 0 radical (unpaired) electrons. The maximum absolute atomic E-state index is 6.57. The molecule has 1 fully saturated rings. The first-order valence-corrected chi connectivity index (χ1v) is 10.6. The molecule has 0 aromatic heterocycles. The number of hydrogen-bond acceptors (Lipinski definition) is 1. The first-order valence-electron chi connectivity index (χ1n) is 6.45. The highest BCUT2D eigenvalue weighted by atomic mass is 35.5. The van der Waals surface area contributed by atoms with Gasteiger partial charge in [-0.05, 0) is 43.6 Å². The highest BCUT2D eigenvalue weighted by Gasteiger charge is 2.79. The first kappa shape index (κ1) is 13.0. The van der Waals surface area contributed by atoms with E-state index in [2.05, 4.69) is 43.9 Å². The quantitative estimate of drug-likeness (QED) is 0.578. The summed E-state index contributed by atoms with van der Waals surface area (Å²) in [5, 5.41) is 0. The van der Waals surface area contributed by atoms with Crippen LogP contribution in [0.5, 0.6) is 0 Å². The maximum Gasteiger partial charge on any atom is 0.185 e. The summed E-state index contributed by atoms with van der Waals surface area (Å²) in [6.07, 6.45) is 2.08. The van der Waals surface area contributed by atoms with Gasteiger partial charge in [0.15, 0.2) is 12.7 Å². The van der Waals surface area contributed by atoms with Gasteiger partial charge in [0.25, 0.3) is 0 Å². The van der Waals surface area contributed by atoms with Crippen molar-refractivity contribution in [3.8, 4) is 0 Å². The number of aryl methyl sites for hydroxylation is 1. The molecule has 2 atom stereocenters. The van der Waals surface area contributed by atoms with E-state index < -0.39 is 18.3 Å². The molecule has 18 heavy (non-hydrogen) atoms. The Kier molecular flexibility index (Phi) is 2.71. The Bertz CT molecular complexity index is 495. The molecule has 0 N–H and O–H groups in total. The SMILES string of the molecule is C[Si](C)(C)OC12c3ccccc3CCC1C2(Cl)Cl. The molecule has 0 amide bonds. The lowest BCUT2D eigenvalue weighted by molar-refractivity contribution is 0.141. The van der Waals surface area contributed by atoms with E-state index in [-0.39, 0.29) is 5.92 Å². The second kappa shape index (κ2) is 3.75. The summed E-state index contributed by atoms with van der Waals surface area (Å²) >= 11 is 13.1. The van der Waals surface area contributed by atoms with E-state index >= 15 is 0 Å². The highest BCUT2D eigenvalue weighted by Crippen LogP contribution is 2.74. The summed E-state index contributed by atoms with van der Waals surface area (Å²) < 4.78 is 5.71. The van der Waals surface area contributed by atoms with E-state index in [1.54, 1.807) is 0 Å². The van der Waals surface area contributed by atoms with Gasteiger partial charge >= 0.3 is 0 Å². The predicted octanol–water partition coefficient (Wildman–Crippen LogP) is 4.48. The van der Waals surface area contributed by atoms with E-state index in [4.69, 9.17) is 27.6 Å². The number of halogens is 2. The number of fused-ring (bicyclic) bond motifs is 3. The molecular formula is C14H18Cl2OSi. The van der Waals surface area contributed by atoms with Crippen molar-refractivity contribution in [1.82, 2.24) is 0 Å². The predicted molar refractivity (Wildman–Crippen MR) is 78.8 cm³/mol. The third-order valence-corrected chi connectivity index (χ3v) is 5.95. The molecule has 4 heteroatoms. The van der Waals surface area contributed by atoms with E-state index in [9.17, 15) is 0 Å². The second-order valence-corrected chi connectivity index (χ2v) is 12.1. The summed E-state index contributed by atoms with van der Waals surface area (Å²) in [6, 6.07) is 8.43. The van der Waals surface area contributed by atoms with Crippen LogP contribution in [0.3, 0.4) is 0 Å². The van der Waals surface area contributed by atoms with Crippen LogP contribution in [0.2, 0.25) is 19.6 Å². The van der Waals surface area contributed by atoms with Gasteiger partial charge in [-0.15, -0.1) is 0 Å². The van der Waals surface area contributed by atoms with Crippen LogP contribution < -0.4 is 0 Å². The summed E-state index contributed by atoms with van der Waals surface area (Å²) in [6.45, 7) is 6.58. The number of hydrogen-bond donors (Lipinski definition) is 0. The van der Waals surface area contributed by atoms with Crippen LogP contribution in [0.25, 0.3) is 0 Å². The fourth-order valence-electron chi connectivity index (χ4n) is 3.28. The Labute approximate surface area is 120 Å². The minimum absolute atomic E-state index is 0.245. The normalized spacial score (nSPS) is 32.6. The Hall–Kier alpha value is -0.0231.